The molecule has 1 saturated heterocycles. The number of carbonyl (C=O) groups excluding carboxylic acids is 1. The third-order valence-electron chi connectivity index (χ3n) is 2.59. The maximum atomic E-state index is 11.9. The molecule has 1 rings (SSSR count). The van der Waals surface area contributed by atoms with Crippen molar-refractivity contribution in [2.45, 2.75) is 57.9 Å². The predicted octanol–water partition coefficient (Wildman–Crippen LogP) is 1.34. The molecule has 1 aliphatic rings. The van der Waals surface area contributed by atoms with E-state index in [0.717, 1.165) is 0 Å². The van der Waals surface area contributed by atoms with Gasteiger partial charge in [-0.05, 0) is 40.5 Å². The highest BCUT2D eigenvalue weighted by Gasteiger charge is 2.52. The van der Waals surface area contributed by atoms with Crippen LogP contribution in [0.4, 0.5) is 0 Å². The van der Waals surface area contributed by atoms with Crippen LogP contribution < -0.4 is 0 Å². The molecular formula is C10H18NO5. The monoisotopic (exact) mass is 232 g/mol. The van der Waals surface area contributed by atoms with E-state index in [1.54, 1.807) is 20.8 Å². The molecule has 1 N–H and O–H groups in total. The second-order valence-corrected chi connectivity index (χ2v) is 5.20. The van der Waals surface area contributed by atoms with E-state index >= 15 is 0 Å². The van der Waals surface area contributed by atoms with Gasteiger partial charge in [-0.1, -0.05) is 0 Å². The first-order valence-electron chi connectivity index (χ1n) is 5.21. The van der Waals surface area contributed by atoms with Crippen molar-refractivity contribution in [3.63, 3.8) is 0 Å². The molecule has 0 amide bonds. The lowest BCUT2D eigenvalue weighted by atomic mass is 10.00. The zero-order valence-electron chi connectivity index (χ0n) is 10.0. The Morgan fingerprint density at radius 1 is 1.50 bits per heavy atom. The van der Waals surface area contributed by atoms with Crippen molar-refractivity contribution in [3.05, 3.63) is 0 Å². The highest BCUT2D eigenvalue weighted by atomic mass is 17.1. The first-order chi connectivity index (χ1) is 7.20. The van der Waals surface area contributed by atoms with Crippen LogP contribution in [0.2, 0.25) is 0 Å². The minimum atomic E-state index is -1.28. The summed E-state index contributed by atoms with van der Waals surface area (Å²) in [6.07, 6.45) is -0.385. The molecule has 0 aromatic rings. The molecule has 2 atom stereocenters. The fourth-order valence-corrected chi connectivity index (χ4v) is 1.63. The van der Waals surface area contributed by atoms with Gasteiger partial charge >= 0.3 is 5.97 Å². The van der Waals surface area contributed by atoms with Gasteiger partial charge in [-0.15, -0.1) is 10.3 Å². The smallest absolute Gasteiger partial charge is 0.329 e. The summed E-state index contributed by atoms with van der Waals surface area (Å²) in [6, 6.07) is 0. The van der Waals surface area contributed by atoms with E-state index in [1.807, 2.05) is 0 Å². The summed E-state index contributed by atoms with van der Waals surface area (Å²) in [7, 11) is 0. The second-order valence-electron chi connectivity index (χ2n) is 5.20. The van der Waals surface area contributed by atoms with Crippen molar-refractivity contribution in [3.8, 4) is 0 Å². The van der Waals surface area contributed by atoms with Crippen molar-refractivity contribution >= 4 is 5.97 Å². The van der Waals surface area contributed by atoms with Gasteiger partial charge in [0.05, 0.1) is 0 Å². The van der Waals surface area contributed by atoms with Gasteiger partial charge in [0.25, 0.3) is 0 Å². The van der Waals surface area contributed by atoms with Crippen LogP contribution >= 0.6 is 0 Å². The van der Waals surface area contributed by atoms with E-state index in [2.05, 4.69) is 4.89 Å². The number of hydroxylamine groups is 2. The summed E-state index contributed by atoms with van der Waals surface area (Å²) in [6.45, 7) is 6.70. The first-order valence-corrected chi connectivity index (χ1v) is 5.21. The van der Waals surface area contributed by atoms with Crippen LogP contribution in [0.25, 0.3) is 0 Å². The number of carbonyl (C=O) groups is 1. The molecule has 0 aromatic heterocycles. The summed E-state index contributed by atoms with van der Waals surface area (Å²) >= 11 is 0. The van der Waals surface area contributed by atoms with Crippen molar-refractivity contribution in [1.29, 1.82) is 0 Å². The Balaban J connectivity index is 2.75. The van der Waals surface area contributed by atoms with E-state index in [0.29, 0.717) is 17.9 Å². The summed E-state index contributed by atoms with van der Waals surface area (Å²) in [4.78, 5) is 15.9. The Bertz CT molecular complexity index is 275. The van der Waals surface area contributed by atoms with Crippen molar-refractivity contribution in [2.75, 3.05) is 0 Å². The SMILES string of the molecule is CC(C)(C)OC(=O)[C@@]1(C)CCC(OO)N1[O]. The van der Waals surface area contributed by atoms with Crippen LogP contribution in [-0.2, 0) is 19.6 Å². The minimum absolute atomic E-state index is 0.301. The maximum absolute atomic E-state index is 11.9. The van der Waals surface area contributed by atoms with Gasteiger partial charge in [-0.25, -0.2) is 9.68 Å². The number of ether oxygens (including phenoxy) is 1. The third-order valence-corrected chi connectivity index (χ3v) is 2.59. The first kappa shape index (κ1) is 13.4. The molecule has 1 radical (unpaired) electrons. The van der Waals surface area contributed by atoms with Crippen LogP contribution in [0.15, 0.2) is 0 Å². The molecule has 1 unspecified atom stereocenters. The average Bonchev–Trinajstić information content (AvgIpc) is 2.42. The Hall–Kier alpha value is -0.690. The third kappa shape index (κ3) is 2.52. The molecule has 1 fully saturated rings. The van der Waals surface area contributed by atoms with Crippen molar-refractivity contribution in [1.82, 2.24) is 5.06 Å². The summed E-state index contributed by atoms with van der Waals surface area (Å²) in [5.74, 6) is -0.588. The normalized spacial score (nSPS) is 31.8. The second kappa shape index (κ2) is 4.29. The van der Waals surface area contributed by atoms with Crippen molar-refractivity contribution < 1.29 is 24.9 Å². The number of rotatable bonds is 2. The molecule has 6 heteroatoms. The van der Waals surface area contributed by atoms with Gasteiger partial charge < -0.3 is 4.74 Å². The lowest BCUT2D eigenvalue weighted by Gasteiger charge is -2.31. The largest absolute Gasteiger partial charge is 0.459 e. The summed E-state index contributed by atoms with van der Waals surface area (Å²) in [5.41, 5.74) is -1.92. The Morgan fingerprint density at radius 2 is 2.06 bits per heavy atom. The predicted molar refractivity (Wildman–Crippen MR) is 53.5 cm³/mol. The lowest BCUT2D eigenvalue weighted by molar-refractivity contribution is -0.375. The average molecular weight is 232 g/mol. The van der Waals surface area contributed by atoms with Gasteiger partial charge in [-0.2, -0.15) is 0 Å². The van der Waals surface area contributed by atoms with Gasteiger partial charge in [0, 0.05) is 0 Å². The molecule has 1 aliphatic heterocycles. The molecule has 0 aromatic carbocycles. The topological polar surface area (TPSA) is 78.9 Å². The Morgan fingerprint density at radius 3 is 2.44 bits per heavy atom. The molecule has 6 nitrogen and oxygen atoms in total. The zero-order chi connectivity index (χ0) is 12.6. The molecule has 1 heterocycles. The molecule has 0 saturated carbocycles. The molecule has 0 spiro atoms. The summed E-state index contributed by atoms with van der Waals surface area (Å²) < 4.78 is 5.17. The van der Waals surface area contributed by atoms with Crippen LogP contribution in [0, 0.1) is 0 Å². The molecule has 16 heavy (non-hydrogen) atoms. The number of esters is 1. The number of nitrogens with zero attached hydrogens (tertiary/aromatic N) is 1. The molecule has 93 valence electrons. The van der Waals surface area contributed by atoms with E-state index in [4.69, 9.17) is 9.99 Å². The van der Waals surface area contributed by atoms with E-state index < -0.39 is 23.3 Å². The molecular weight excluding hydrogens is 214 g/mol. The van der Waals surface area contributed by atoms with E-state index in [9.17, 15) is 10.0 Å². The Kier molecular flexibility index (Phi) is 3.59. The Labute approximate surface area is 94.6 Å². The van der Waals surface area contributed by atoms with Crippen molar-refractivity contribution in [2.24, 2.45) is 0 Å². The van der Waals surface area contributed by atoms with Crippen LogP contribution in [0.1, 0.15) is 40.5 Å². The fourth-order valence-electron chi connectivity index (χ4n) is 1.63. The highest BCUT2D eigenvalue weighted by molar-refractivity contribution is 5.80. The van der Waals surface area contributed by atoms with Crippen LogP contribution in [-0.4, -0.2) is 33.7 Å². The maximum Gasteiger partial charge on any atom is 0.329 e. The van der Waals surface area contributed by atoms with Gasteiger partial charge in [0.1, 0.15) is 11.1 Å². The summed E-state index contributed by atoms with van der Waals surface area (Å²) in [5, 5.41) is 20.7. The minimum Gasteiger partial charge on any atom is -0.459 e. The van der Waals surface area contributed by atoms with E-state index in [1.165, 1.54) is 6.92 Å². The van der Waals surface area contributed by atoms with Gasteiger partial charge in [0.15, 0.2) is 6.23 Å². The van der Waals surface area contributed by atoms with Gasteiger partial charge in [0.2, 0.25) is 0 Å². The molecule has 0 bridgehead atoms. The molecule has 0 aliphatic carbocycles. The standard InChI is InChI=1S/C10H18NO5/c1-9(2,3)15-8(12)10(4)6-5-7(16-14)11(10)13/h7,14H,5-6H2,1-4H3/t7?,10-/m1/s1. The number of hydrogen-bond donors (Lipinski definition) is 1. The van der Waals surface area contributed by atoms with E-state index in [-0.39, 0.29) is 0 Å². The fraction of sp³-hybridized carbons (Fsp3) is 0.900. The zero-order valence-corrected chi connectivity index (χ0v) is 10.0. The van der Waals surface area contributed by atoms with Crippen LogP contribution in [0.5, 0.6) is 0 Å². The highest BCUT2D eigenvalue weighted by Crippen LogP contribution is 2.34. The van der Waals surface area contributed by atoms with Gasteiger partial charge in [-0.3, -0.25) is 5.26 Å². The number of hydrogen-bond acceptors (Lipinski definition) is 5. The quantitative estimate of drug-likeness (QED) is 0.441. The lowest BCUT2D eigenvalue weighted by Crippen LogP contribution is -2.51. The van der Waals surface area contributed by atoms with Crippen LogP contribution in [0.3, 0.4) is 0 Å².